The molecule has 0 bridgehead atoms. The third-order valence-corrected chi connectivity index (χ3v) is 9.24. The molecule has 336 valence electrons. The molecule has 3 aromatic carbocycles. The van der Waals surface area contributed by atoms with Crippen LogP contribution in [0, 0.1) is 82.7 Å². The minimum atomic E-state index is -0.475. The van der Waals surface area contributed by atoms with E-state index in [0.717, 1.165) is 43.1 Å². The van der Waals surface area contributed by atoms with Gasteiger partial charge in [0.25, 0.3) is 0 Å². The van der Waals surface area contributed by atoms with E-state index in [-0.39, 0.29) is 62.2 Å². The molecule has 0 N–H and O–H groups in total. The molecule has 0 amide bonds. The number of benzene rings is 3. The van der Waals surface area contributed by atoms with Gasteiger partial charge in [0.15, 0.2) is 6.29 Å². The fourth-order valence-corrected chi connectivity index (χ4v) is 5.24. The SMILES string of the molecule is C.C.C.C.C.C.CC1CCC(C)CC1.CC1CCC(C)OC1.CC1COC(C)OC1.Cc1cc(F)c(C)c(F)c1.Cc1ccc(C)c(F)c1.Cc1ccc(C)cc1. The van der Waals surface area contributed by atoms with Crippen LogP contribution in [0.1, 0.15) is 158 Å². The van der Waals surface area contributed by atoms with E-state index in [1.165, 1.54) is 74.8 Å². The van der Waals surface area contributed by atoms with E-state index < -0.39 is 11.6 Å². The van der Waals surface area contributed by atoms with Crippen molar-refractivity contribution in [2.45, 2.75) is 179 Å². The Morgan fingerprint density at radius 2 is 0.754 bits per heavy atom. The summed E-state index contributed by atoms with van der Waals surface area (Å²) in [5, 5.41) is 0. The van der Waals surface area contributed by atoms with Gasteiger partial charge in [-0.1, -0.05) is 145 Å². The lowest BCUT2D eigenvalue weighted by Gasteiger charge is -2.24. The Morgan fingerprint density at radius 3 is 1.07 bits per heavy atom. The molecule has 1 saturated carbocycles. The van der Waals surface area contributed by atoms with Gasteiger partial charge < -0.3 is 14.2 Å². The van der Waals surface area contributed by atoms with Gasteiger partial charge >= 0.3 is 0 Å². The first-order chi connectivity index (χ1) is 24.0. The van der Waals surface area contributed by atoms with Crippen molar-refractivity contribution >= 4 is 0 Å². The average molecular weight is 811 g/mol. The Bertz CT molecular complexity index is 1210. The van der Waals surface area contributed by atoms with Gasteiger partial charge in [0, 0.05) is 18.1 Å². The van der Waals surface area contributed by atoms with Gasteiger partial charge in [-0.25, -0.2) is 13.2 Å². The summed E-state index contributed by atoms with van der Waals surface area (Å²) in [7, 11) is 0. The fourth-order valence-electron chi connectivity index (χ4n) is 5.24. The number of hydrogen-bond acceptors (Lipinski definition) is 3. The van der Waals surface area contributed by atoms with Gasteiger partial charge in [-0.2, -0.15) is 0 Å². The molecule has 3 aromatic rings. The largest absolute Gasteiger partial charge is 0.378 e. The Kier molecular flexibility index (Phi) is 42.3. The molecule has 2 heterocycles. The predicted molar refractivity (Wildman–Crippen MR) is 249 cm³/mol. The van der Waals surface area contributed by atoms with E-state index in [1.807, 2.05) is 19.9 Å². The van der Waals surface area contributed by atoms with Gasteiger partial charge in [0.05, 0.1) is 19.3 Å². The lowest BCUT2D eigenvalue weighted by Crippen LogP contribution is -2.27. The monoisotopic (exact) mass is 811 g/mol. The average Bonchev–Trinajstić information content (AvgIpc) is 3.09. The van der Waals surface area contributed by atoms with Crippen LogP contribution in [0.25, 0.3) is 0 Å². The van der Waals surface area contributed by atoms with Crippen LogP contribution in [0.5, 0.6) is 0 Å². The summed E-state index contributed by atoms with van der Waals surface area (Å²) in [4.78, 5) is 0. The number of aryl methyl sites for hydroxylation is 5. The van der Waals surface area contributed by atoms with Crippen LogP contribution in [-0.4, -0.2) is 32.2 Å². The van der Waals surface area contributed by atoms with Crippen molar-refractivity contribution in [3.8, 4) is 0 Å². The molecule has 3 nitrogen and oxygen atoms in total. The summed E-state index contributed by atoms with van der Waals surface area (Å²) in [6.07, 6.45) is 9.03. The second-order valence-electron chi connectivity index (χ2n) is 15.3. The zero-order chi connectivity index (χ0) is 38.5. The number of rotatable bonds is 0. The van der Waals surface area contributed by atoms with Gasteiger partial charge in [0.2, 0.25) is 0 Å². The van der Waals surface area contributed by atoms with E-state index >= 15 is 0 Å². The van der Waals surface area contributed by atoms with Crippen LogP contribution in [0.2, 0.25) is 0 Å². The summed E-state index contributed by atoms with van der Waals surface area (Å²) >= 11 is 0. The molecule has 2 saturated heterocycles. The molecule has 0 spiro atoms. The van der Waals surface area contributed by atoms with Crippen molar-refractivity contribution in [2.75, 3.05) is 19.8 Å². The highest BCUT2D eigenvalue weighted by molar-refractivity contribution is 5.24. The third kappa shape index (κ3) is 31.9. The second kappa shape index (κ2) is 36.4. The lowest BCUT2D eigenvalue weighted by atomic mass is 9.84. The Balaban J connectivity index is -0.000000134. The summed E-state index contributed by atoms with van der Waals surface area (Å²) in [6, 6.07) is 16.3. The topological polar surface area (TPSA) is 27.7 Å². The normalized spacial score (nSPS) is 21.3. The molecule has 2 atom stereocenters. The summed E-state index contributed by atoms with van der Waals surface area (Å²) in [5.41, 5.74) is 5.04. The maximum atomic E-state index is 12.6. The molecule has 3 aliphatic rings. The Labute approximate surface area is 353 Å². The third-order valence-electron chi connectivity index (χ3n) is 9.24. The molecule has 6 heteroatoms. The number of ether oxygens (including phenoxy) is 3. The van der Waals surface area contributed by atoms with Gasteiger partial charge in [-0.3, -0.25) is 0 Å². The fraction of sp³-hybridized carbons (Fsp3) is 0.647. The summed E-state index contributed by atoms with van der Waals surface area (Å²) in [6.45, 7) is 26.7. The summed E-state index contributed by atoms with van der Waals surface area (Å²) in [5.74, 6) is 2.35. The van der Waals surface area contributed by atoms with Crippen molar-refractivity contribution < 1.29 is 27.4 Å². The van der Waals surface area contributed by atoms with E-state index in [9.17, 15) is 13.2 Å². The maximum Gasteiger partial charge on any atom is 0.154 e. The zero-order valence-electron chi connectivity index (χ0n) is 33.9. The molecule has 57 heavy (non-hydrogen) atoms. The molecule has 6 rings (SSSR count). The van der Waals surface area contributed by atoms with Crippen LogP contribution >= 0.6 is 0 Å². The van der Waals surface area contributed by atoms with Gasteiger partial charge in [-0.05, 0) is 121 Å². The Hall–Kier alpha value is -2.67. The number of hydrogen-bond donors (Lipinski definition) is 0. The molecular formula is C51H93F3O3. The van der Waals surface area contributed by atoms with Crippen molar-refractivity contribution in [1.82, 2.24) is 0 Å². The highest BCUT2D eigenvalue weighted by Crippen LogP contribution is 2.27. The minimum Gasteiger partial charge on any atom is -0.378 e. The van der Waals surface area contributed by atoms with Crippen LogP contribution in [0.4, 0.5) is 13.2 Å². The first-order valence-electron chi connectivity index (χ1n) is 19.0. The highest BCUT2D eigenvalue weighted by atomic mass is 19.1. The smallest absolute Gasteiger partial charge is 0.154 e. The quantitative estimate of drug-likeness (QED) is 0.226. The first-order valence-corrected chi connectivity index (χ1v) is 19.0. The van der Waals surface area contributed by atoms with Crippen molar-refractivity contribution in [2.24, 2.45) is 23.7 Å². The van der Waals surface area contributed by atoms with Crippen LogP contribution in [0.15, 0.2) is 54.6 Å². The van der Waals surface area contributed by atoms with E-state index in [1.54, 1.807) is 19.9 Å². The van der Waals surface area contributed by atoms with Crippen molar-refractivity contribution in [3.63, 3.8) is 0 Å². The molecule has 2 aliphatic heterocycles. The van der Waals surface area contributed by atoms with E-state index in [2.05, 4.69) is 72.7 Å². The second-order valence-corrected chi connectivity index (χ2v) is 15.3. The van der Waals surface area contributed by atoms with Crippen LogP contribution < -0.4 is 0 Å². The molecular weight excluding hydrogens is 718 g/mol. The molecule has 1 aliphatic carbocycles. The highest BCUT2D eigenvalue weighted by Gasteiger charge is 2.15. The maximum absolute atomic E-state index is 12.6. The van der Waals surface area contributed by atoms with Crippen molar-refractivity contribution in [3.05, 3.63) is 105 Å². The minimum absolute atomic E-state index is 0. The van der Waals surface area contributed by atoms with E-state index in [0.29, 0.717) is 23.1 Å². The Morgan fingerprint density at radius 1 is 0.404 bits per heavy atom. The van der Waals surface area contributed by atoms with E-state index in [4.69, 9.17) is 14.2 Å². The van der Waals surface area contributed by atoms with Crippen LogP contribution in [-0.2, 0) is 14.2 Å². The molecule has 2 unspecified atom stereocenters. The van der Waals surface area contributed by atoms with Crippen LogP contribution in [0.3, 0.4) is 0 Å². The van der Waals surface area contributed by atoms with Gasteiger partial charge in [0.1, 0.15) is 17.5 Å². The van der Waals surface area contributed by atoms with Crippen molar-refractivity contribution in [1.29, 1.82) is 0 Å². The number of halogens is 3. The zero-order valence-corrected chi connectivity index (χ0v) is 33.9. The first kappa shape index (κ1) is 66.2. The molecule has 3 fully saturated rings. The standard InChI is InChI=1S/C8H8F2.C8H9F.C8H16.C8H10.C7H14O.C6H12O2.6CH4/c1-5-3-7(9)6(2)8(10)4-5;1-6-3-4-7(2)8(9)5-6;2*1-7-3-5-8(2)6-4-7;1-6-3-4-7(2)8-5-6;1-5-3-7-6(2)8-4-5;;;;;;/h3-4H,1-2H3;3-5H,1-2H3;7-8H,3-6H2,1-2H3;3-6H,1-2H3;6-7H,3-5H2,1-2H3;5-6H,3-4H2,1-2H3;6*1H4. The lowest BCUT2D eigenvalue weighted by molar-refractivity contribution is -0.187. The molecule has 0 radical (unpaired) electrons. The van der Waals surface area contributed by atoms with Gasteiger partial charge in [-0.15, -0.1) is 0 Å². The summed E-state index contributed by atoms with van der Waals surface area (Å²) < 4.78 is 53.5. The predicted octanol–water partition coefficient (Wildman–Crippen LogP) is 16.8. The molecule has 0 aromatic heterocycles.